The molecular weight excluding hydrogens is 296 g/mol. The van der Waals surface area contributed by atoms with Gasteiger partial charge in [0.2, 0.25) is 0 Å². The highest BCUT2D eigenvalue weighted by atomic mass is 79.9. The van der Waals surface area contributed by atoms with Crippen LogP contribution in [0.25, 0.3) is 0 Å². The van der Waals surface area contributed by atoms with E-state index in [0.29, 0.717) is 0 Å². The van der Waals surface area contributed by atoms with Gasteiger partial charge >= 0.3 is 0 Å². The minimum Gasteiger partial charge on any atom is -0.467 e. The van der Waals surface area contributed by atoms with Crippen LogP contribution < -0.4 is 0 Å². The Bertz CT molecular complexity index is 504. The van der Waals surface area contributed by atoms with E-state index in [9.17, 15) is 0 Å². The van der Waals surface area contributed by atoms with E-state index >= 15 is 0 Å². The van der Waals surface area contributed by atoms with Gasteiger partial charge in [-0.1, -0.05) is 36.7 Å². The fraction of sp³-hybridized carbons (Fsp3) is 0.429. The van der Waals surface area contributed by atoms with Crippen LogP contribution in [0.1, 0.15) is 46.7 Å². The lowest BCUT2D eigenvalue weighted by Gasteiger charge is -2.15. The van der Waals surface area contributed by atoms with Crippen LogP contribution in [0.4, 0.5) is 0 Å². The second kappa shape index (κ2) is 4.62. The van der Waals surface area contributed by atoms with Crippen LogP contribution in [0.2, 0.25) is 0 Å². The van der Waals surface area contributed by atoms with Crippen molar-refractivity contribution < 1.29 is 4.42 Å². The molecule has 0 saturated carbocycles. The van der Waals surface area contributed by atoms with Crippen molar-refractivity contribution in [1.82, 2.24) is 0 Å². The smallest absolute Gasteiger partial charge is 0.125 e. The average molecular weight is 313 g/mol. The molecule has 1 atom stereocenters. The van der Waals surface area contributed by atoms with Crippen molar-refractivity contribution in [1.29, 1.82) is 0 Å². The largest absolute Gasteiger partial charge is 0.467 e. The molecule has 1 nitrogen and oxygen atoms in total. The lowest BCUT2D eigenvalue weighted by molar-refractivity contribution is 0.518. The fourth-order valence-corrected chi connectivity index (χ4v) is 3.61. The standard InChI is InChI=1S/C14H17BrOS/c1-9-7-8-16-13(9)12(15)10-5-6-11(17-10)14(2,3)4/h5-8,12H,1-4H3. The number of halogens is 1. The third kappa shape index (κ3) is 2.66. The summed E-state index contributed by atoms with van der Waals surface area (Å²) in [4.78, 5) is 2.87. The van der Waals surface area contributed by atoms with E-state index < -0.39 is 0 Å². The summed E-state index contributed by atoms with van der Waals surface area (Å²) in [6.45, 7) is 8.79. The zero-order valence-electron chi connectivity index (χ0n) is 10.6. The Hall–Kier alpha value is -0.540. The van der Waals surface area contributed by atoms with E-state index in [1.807, 2.05) is 17.4 Å². The molecule has 0 aliphatic carbocycles. The normalized spacial score (nSPS) is 13.9. The number of furan rings is 1. The van der Waals surface area contributed by atoms with Crippen molar-refractivity contribution in [3.8, 4) is 0 Å². The molecule has 0 bridgehead atoms. The van der Waals surface area contributed by atoms with Gasteiger partial charge in [-0.3, -0.25) is 0 Å². The van der Waals surface area contributed by atoms with Crippen molar-refractivity contribution in [2.75, 3.05) is 0 Å². The van der Waals surface area contributed by atoms with E-state index in [-0.39, 0.29) is 10.2 Å². The monoisotopic (exact) mass is 312 g/mol. The van der Waals surface area contributed by atoms with Crippen molar-refractivity contribution >= 4 is 27.3 Å². The molecule has 0 radical (unpaired) electrons. The maximum Gasteiger partial charge on any atom is 0.125 e. The first-order valence-corrected chi connectivity index (χ1v) is 7.41. The average Bonchev–Trinajstić information content (AvgIpc) is 2.83. The van der Waals surface area contributed by atoms with E-state index in [1.54, 1.807) is 6.26 Å². The molecule has 0 saturated heterocycles. The molecule has 1 unspecified atom stereocenters. The van der Waals surface area contributed by atoms with Crippen molar-refractivity contribution in [3.63, 3.8) is 0 Å². The zero-order chi connectivity index (χ0) is 12.6. The molecular formula is C14H17BrOS. The predicted molar refractivity (Wildman–Crippen MR) is 77.2 cm³/mol. The second-order valence-electron chi connectivity index (χ2n) is 5.28. The van der Waals surface area contributed by atoms with Gasteiger partial charge in [0.1, 0.15) is 10.6 Å². The van der Waals surface area contributed by atoms with Gasteiger partial charge in [-0.2, -0.15) is 0 Å². The van der Waals surface area contributed by atoms with Crippen LogP contribution in [0.5, 0.6) is 0 Å². The third-order valence-electron chi connectivity index (χ3n) is 2.75. The van der Waals surface area contributed by atoms with Gasteiger partial charge in [0.05, 0.1) is 6.26 Å². The van der Waals surface area contributed by atoms with Gasteiger partial charge in [0, 0.05) is 9.75 Å². The van der Waals surface area contributed by atoms with E-state index in [1.165, 1.54) is 15.3 Å². The minimum atomic E-state index is 0.165. The molecule has 0 aromatic carbocycles. The third-order valence-corrected chi connectivity index (χ3v) is 5.54. The summed E-state index contributed by atoms with van der Waals surface area (Å²) in [5.74, 6) is 1.01. The molecule has 0 aliphatic heterocycles. The van der Waals surface area contributed by atoms with Gasteiger partial charge in [-0.15, -0.1) is 11.3 Å². The first-order valence-electron chi connectivity index (χ1n) is 5.68. The lowest BCUT2D eigenvalue weighted by atomic mass is 9.95. The van der Waals surface area contributed by atoms with Gasteiger partial charge in [-0.25, -0.2) is 0 Å². The predicted octanol–water partition coefficient (Wildman–Crippen LogP) is 5.43. The Balaban J connectivity index is 2.30. The molecule has 92 valence electrons. The molecule has 0 fully saturated rings. The van der Waals surface area contributed by atoms with Crippen LogP contribution in [0.3, 0.4) is 0 Å². The fourth-order valence-electron chi connectivity index (χ4n) is 1.67. The topological polar surface area (TPSA) is 13.1 Å². The van der Waals surface area contributed by atoms with Gasteiger partial charge in [0.15, 0.2) is 0 Å². The second-order valence-corrected chi connectivity index (χ2v) is 7.31. The van der Waals surface area contributed by atoms with Crippen LogP contribution >= 0.6 is 27.3 Å². The SMILES string of the molecule is Cc1ccoc1C(Br)c1ccc(C(C)(C)C)s1. The highest BCUT2D eigenvalue weighted by Crippen LogP contribution is 2.39. The number of hydrogen-bond donors (Lipinski definition) is 0. The number of aryl methyl sites for hydroxylation is 1. The van der Waals surface area contributed by atoms with Gasteiger partial charge < -0.3 is 4.42 Å². The van der Waals surface area contributed by atoms with Crippen molar-refractivity contribution in [2.24, 2.45) is 0 Å². The van der Waals surface area contributed by atoms with Crippen LogP contribution in [0.15, 0.2) is 28.9 Å². The maximum atomic E-state index is 5.54. The summed E-state index contributed by atoms with van der Waals surface area (Å²) in [5, 5.41) is 0. The summed E-state index contributed by atoms with van der Waals surface area (Å²) in [7, 11) is 0. The highest BCUT2D eigenvalue weighted by molar-refractivity contribution is 9.09. The molecule has 2 heterocycles. The summed E-state index contributed by atoms with van der Waals surface area (Å²) < 4.78 is 5.54. The lowest BCUT2D eigenvalue weighted by Crippen LogP contribution is -2.07. The van der Waals surface area contributed by atoms with E-state index in [4.69, 9.17) is 4.42 Å². The molecule has 0 spiro atoms. The first-order chi connectivity index (χ1) is 7.89. The molecule has 0 aliphatic rings. The Morgan fingerprint density at radius 1 is 1.24 bits per heavy atom. The molecule has 0 N–H and O–H groups in total. The van der Waals surface area contributed by atoms with Crippen molar-refractivity contribution in [3.05, 3.63) is 45.5 Å². The minimum absolute atomic E-state index is 0.165. The quantitative estimate of drug-likeness (QED) is 0.674. The molecule has 2 aromatic heterocycles. The molecule has 17 heavy (non-hydrogen) atoms. The molecule has 3 heteroatoms. The molecule has 2 aromatic rings. The number of rotatable bonds is 2. The first kappa shape index (κ1) is 12.9. The summed E-state index contributed by atoms with van der Waals surface area (Å²) in [6, 6.07) is 6.40. The molecule has 2 rings (SSSR count). The zero-order valence-corrected chi connectivity index (χ0v) is 13.0. The van der Waals surface area contributed by atoms with Crippen LogP contribution in [-0.4, -0.2) is 0 Å². The van der Waals surface area contributed by atoms with E-state index in [2.05, 4.69) is 55.8 Å². The summed E-state index contributed by atoms with van der Waals surface area (Å²) in [6.07, 6.45) is 1.75. The summed E-state index contributed by atoms with van der Waals surface area (Å²) >= 11 is 5.57. The van der Waals surface area contributed by atoms with Gasteiger partial charge in [0.25, 0.3) is 0 Å². The number of thiophene rings is 1. The highest BCUT2D eigenvalue weighted by Gasteiger charge is 2.21. The Kier molecular flexibility index (Phi) is 3.50. The Morgan fingerprint density at radius 2 is 1.94 bits per heavy atom. The van der Waals surface area contributed by atoms with Gasteiger partial charge in [-0.05, 0) is 36.1 Å². The molecule has 0 amide bonds. The number of alkyl halides is 1. The summed E-state index contributed by atoms with van der Waals surface area (Å²) in [5.41, 5.74) is 1.41. The van der Waals surface area contributed by atoms with Crippen molar-refractivity contribution in [2.45, 2.75) is 37.9 Å². The Labute approximate surface area is 115 Å². The van der Waals surface area contributed by atoms with Crippen LogP contribution in [-0.2, 0) is 5.41 Å². The van der Waals surface area contributed by atoms with E-state index in [0.717, 1.165) is 5.76 Å². The number of hydrogen-bond acceptors (Lipinski definition) is 2. The Morgan fingerprint density at radius 3 is 2.41 bits per heavy atom. The van der Waals surface area contributed by atoms with Crippen LogP contribution in [0, 0.1) is 6.92 Å². The maximum absolute atomic E-state index is 5.54.